The first kappa shape index (κ1) is 21.2. The molecule has 0 radical (unpaired) electrons. The number of hydrogen-bond acceptors (Lipinski definition) is 4. The number of nitrogens with zero attached hydrogens (tertiary/aromatic N) is 1. The Hall–Kier alpha value is -3.00. The second kappa shape index (κ2) is 8.26. The molecule has 0 amide bonds. The van der Waals surface area contributed by atoms with Crippen LogP contribution in [0.25, 0.3) is 10.9 Å². The van der Waals surface area contributed by atoms with Crippen molar-refractivity contribution in [3.05, 3.63) is 94.1 Å². The number of aromatic carboxylic acids is 1. The molecule has 1 N–H and O–H groups in total. The van der Waals surface area contributed by atoms with Crippen LogP contribution >= 0.6 is 23.2 Å². The molecule has 0 saturated heterocycles. The van der Waals surface area contributed by atoms with Crippen molar-refractivity contribution >= 4 is 50.1 Å². The summed E-state index contributed by atoms with van der Waals surface area (Å²) in [6.07, 6.45) is 0. The van der Waals surface area contributed by atoms with Crippen molar-refractivity contribution in [3.8, 4) is 5.75 Å². The second-order valence-electron chi connectivity index (χ2n) is 6.67. The van der Waals surface area contributed by atoms with E-state index in [2.05, 4.69) is 0 Å². The number of hydrogen-bond donors (Lipinski definition) is 1. The fourth-order valence-electron chi connectivity index (χ4n) is 3.15. The Balaban J connectivity index is 1.78. The van der Waals surface area contributed by atoms with Gasteiger partial charge in [-0.15, -0.1) is 0 Å². The van der Waals surface area contributed by atoms with Crippen molar-refractivity contribution in [1.82, 2.24) is 3.97 Å². The van der Waals surface area contributed by atoms with Gasteiger partial charge in [-0.25, -0.2) is 17.2 Å². The van der Waals surface area contributed by atoms with Gasteiger partial charge in [-0.05, 0) is 48.0 Å². The van der Waals surface area contributed by atoms with Gasteiger partial charge >= 0.3 is 5.97 Å². The first-order valence-corrected chi connectivity index (χ1v) is 11.2. The summed E-state index contributed by atoms with van der Waals surface area (Å²) in [4.78, 5) is 11.6. The molecule has 0 bridgehead atoms. The lowest BCUT2D eigenvalue weighted by molar-refractivity contribution is 0.0689. The van der Waals surface area contributed by atoms with E-state index in [0.717, 1.165) is 9.54 Å². The Bertz CT molecular complexity index is 1400. The summed E-state index contributed by atoms with van der Waals surface area (Å²) >= 11 is 11.9. The van der Waals surface area contributed by atoms with E-state index in [9.17, 15) is 18.3 Å². The van der Waals surface area contributed by atoms with Crippen LogP contribution in [-0.4, -0.2) is 23.5 Å². The fourth-order valence-corrected chi connectivity index (χ4v) is 5.05. The van der Waals surface area contributed by atoms with Crippen molar-refractivity contribution in [1.29, 1.82) is 0 Å². The molecule has 0 atom stereocenters. The number of carboxylic acids is 1. The average Bonchev–Trinajstić information content (AvgIpc) is 3.15. The molecule has 0 unspecified atom stereocenters. The number of rotatable bonds is 6. The molecule has 4 rings (SSSR count). The van der Waals surface area contributed by atoms with E-state index in [-0.39, 0.29) is 20.5 Å². The lowest BCUT2D eigenvalue weighted by atomic mass is 10.2. The van der Waals surface area contributed by atoms with Crippen LogP contribution in [0.15, 0.2) is 77.7 Å². The van der Waals surface area contributed by atoms with Gasteiger partial charge in [0.05, 0.1) is 20.5 Å². The van der Waals surface area contributed by atoms with Crippen LogP contribution in [0.2, 0.25) is 10.0 Å². The molecule has 3 aromatic carbocycles. The first-order valence-electron chi connectivity index (χ1n) is 9.03. The molecule has 0 fully saturated rings. The molecular weight excluding hydrogens is 461 g/mol. The van der Waals surface area contributed by atoms with E-state index in [1.54, 1.807) is 12.1 Å². The highest BCUT2D eigenvalue weighted by Gasteiger charge is 2.27. The van der Waals surface area contributed by atoms with Gasteiger partial charge in [-0.1, -0.05) is 53.5 Å². The summed E-state index contributed by atoms with van der Waals surface area (Å²) in [5.41, 5.74) is 0.769. The largest absolute Gasteiger partial charge is 0.489 e. The predicted octanol–water partition coefficient (Wildman–Crippen LogP) is 5.46. The quantitative estimate of drug-likeness (QED) is 0.399. The molecule has 0 aliphatic carbocycles. The summed E-state index contributed by atoms with van der Waals surface area (Å²) in [6, 6.07) is 19.3. The lowest BCUT2D eigenvalue weighted by Crippen LogP contribution is -2.18. The van der Waals surface area contributed by atoms with Crippen LogP contribution in [0.1, 0.15) is 16.1 Å². The molecule has 158 valence electrons. The van der Waals surface area contributed by atoms with E-state index in [0.29, 0.717) is 17.7 Å². The van der Waals surface area contributed by atoms with Crippen LogP contribution in [0.3, 0.4) is 0 Å². The molecule has 1 aromatic heterocycles. The Morgan fingerprint density at radius 2 is 1.68 bits per heavy atom. The van der Waals surface area contributed by atoms with Crippen molar-refractivity contribution < 1.29 is 23.1 Å². The Morgan fingerprint density at radius 3 is 2.35 bits per heavy atom. The highest BCUT2D eigenvalue weighted by molar-refractivity contribution is 7.90. The minimum Gasteiger partial charge on any atom is -0.489 e. The topological polar surface area (TPSA) is 85.6 Å². The Morgan fingerprint density at radius 1 is 0.935 bits per heavy atom. The SMILES string of the molecule is O=C(O)c1cc2cc(OCc3ccccc3)ccc2n1S(=O)(=O)c1ccc(Cl)c(Cl)c1. The van der Waals surface area contributed by atoms with E-state index < -0.39 is 21.7 Å². The van der Waals surface area contributed by atoms with Crippen molar-refractivity contribution in [2.45, 2.75) is 11.5 Å². The predicted molar refractivity (Wildman–Crippen MR) is 119 cm³/mol. The number of halogens is 2. The van der Waals surface area contributed by atoms with E-state index >= 15 is 0 Å². The molecule has 0 spiro atoms. The molecule has 4 aromatic rings. The van der Waals surface area contributed by atoms with Crippen LogP contribution in [0.4, 0.5) is 0 Å². The summed E-state index contributed by atoms with van der Waals surface area (Å²) in [5.74, 6) is -0.899. The van der Waals surface area contributed by atoms with Gasteiger partial charge in [0.25, 0.3) is 10.0 Å². The van der Waals surface area contributed by atoms with Crippen molar-refractivity contribution in [2.75, 3.05) is 0 Å². The first-order chi connectivity index (χ1) is 14.8. The number of carboxylic acid groups (broad SMARTS) is 1. The zero-order chi connectivity index (χ0) is 22.2. The van der Waals surface area contributed by atoms with Crippen molar-refractivity contribution in [3.63, 3.8) is 0 Å². The number of ether oxygens (including phenoxy) is 1. The summed E-state index contributed by atoms with van der Waals surface area (Å²) in [7, 11) is -4.25. The zero-order valence-corrected chi connectivity index (χ0v) is 18.2. The molecule has 0 aliphatic rings. The van der Waals surface area contributed by atoms with Gasteiger partial charge in [-0.3, -0.25) is 0 Å². The van der Waals surface area contributed by atoms with Gasteiger partial charge < -0.3 is 9.84 Å². The van der Waals surface area contributed by atoms with Gasteiger partial charge in [0.2, 0.25) is 0 Å². The normalized spacial score (nSPS) is 11.5. The molecule has 0 saturated carbocycles. The maximum absolute atomic E-state index is 13.3. The molecular formula is C22H15Cl2NO5S. The second-order valence-corrected chi connectivity index (χ2v) is 9.28. The van der Waals surface area contributed by atoms with Gasteiger partial charge in [-0.2, -0.15) is 0 Å². The van der Waals surface area contributed by atoms with Crippen LogP contribution in [-0.2, 0) is 16.6 Å². The number of carbonyl (C=O) groups is 1. The van der Waals surface area contributed by atoms with E-state index in [4.69, 9.17) is 27.9 Å². The standard InChI is InChI=1S/C22H15Cl2NO5S/c23-18-8-7-17(12-19(18)24)31(28,29)25-20-9-6-16(10-15(20)11-21(25)22(26)27)30-13-14-4-2-1-3-5-14/h1-12H,13H2,(H,26,27). The highest BCUT2D eigenvalue weighted by Crippen LogP contribution is 2.31. The van der Waals surface area contributed by atoms with E-state index in [1.165, 1.54) is 30.3 Å². The fraction of sp³-hybridized carbons (Fsp3) is 0.0455. The molecule has 0 aliphatic heterocycles. The van der Waals surface area contributed by atoms with Crippen LogP contribution in [0.5, 0.6) is 5.75 Å². The Labute approximate surface area is 188 Å². The summed E-state index contributed by atoms with van der Waals surface area (Å²) in [5, 5.41) is 10.3. The number of benzene rings is 3. The minimum absolute atomic E-state index is 0.0488. The maximum atomic E-state index is 13.3. The van der Waals surface area contributed by atoms with Gasteiger partial charge in [0.1, 0.15) is 18.1 Å². The zero-order valence-electron chi connectivity index (χ0n) is 15.8. The van der Waals surface area contributed by atoms with Crippen molar-refractivity contribution in [2.24, 2.45) is 0 Å². The third-order valence-electron chi connectivity index (χ3n) is 4.63. The third-order valence-corrected chi connectivity index (χ3v) is 7.09. The maximum Gasteiger partial charge on any atom is 0.353 e. The van der Waals surface area contributed by atoms with Crippen LogP contribution < -0.4 is 4.74 Å². The number of fused-ring (bicyclic) bond motifs is 1. The molecule has 9 heteroatoms. The molecule has 6 nitrogen and oxygen atoms in total. The third kappa shape index (κ3) is 4.12. The number of aromatic nitrogens is 1. The Kier molecular flexibility index (Phi) is 5.66. The summed E-state index contributed by atoms with van der Waals surface area (Å²) < 4.78 is 33.1. The lowest BCUT2D eigenvalue weighted by Gasteiger charge is -2.11. The average molecular weight is 476 g/mol. The van der Waals surface area contributed by atoms with E-state index in [1.807, 2.05) is 30.3 Å². The van der Waals surface area contributed by atoms with Gasteiger partial charge in [0.15, 0.2) is 0 Å². The summed E-state index contributed by atoms with van der Waals surface area (Å²) in [6.45, 7) is 0.320. The molecule has 31 heavy (non-hydrogen) atoms. The smallest absolute Gasteiger partial charge is 0.353 e. The highest BCUT2D eigenvalue weighted by atomic mass is 35.5. The molecule has 1 heterocycles. The van der Waals surface area contributed by atoms with Gasteiger partial charge in [0, 0.05) is 5.39 Å². The minimum atomic E-state index is -4.25. The monoisotopic (exact) mass is 475 g/mol. The van der Waals surface area contributed by atoms with Crippen LogP contribution in [0, 0.1) is 0 Å².